The second-order valence-corrected chi connectivity index (χ2v) is 6.83. The van der Waals surface area contributed by atoms with Crippen LogP contribution in [0.4, 0.5) is 13.2 Å². The summed E-state index contributed by atoms with van der Waals surface area (Å²) in [4.78, 5) is 14.5. The number of carbonyl (C=O) groups excluding carboxylic acids is 1. The first kappa shape index (κ1) is 18.8. The fraction of sp³-hybridized carbons (Fsp3) is 0.611. The van der Waals surface area contributed by atoms with Gasteiger partial charge in [-0.2, -0.15) is 13.2 Å². The molecule has 2 N–H and O–H groups in total. The molecule has 1 aliphatic rings. The Kier molecular flexibility index (Phi) is 5.58. The fourth-order valence-corrected chi connectivity index (χ4v) is 3.29. The summed E-state index contributed by atoms with van der Waals surface area (Å²) in [6, 6.07) is 4.92. The molecule has 1 saturated heterocycles. The fourth-order valence-electron chi connectivity index (χ4n) is 3.29. The molecule has 134 valence electrons. The van der Waals surface area contributed by atoms with Gasteiger partial charge in [-0.05, 0) is 44.2 Å². The van der Waals surface area contributed by atoms with Crippen LogP contribution in [-0.4, -0.2) is 28.9 Å². The Labute approximate surface area is 141 Å². The van der Waals surface area contributed by atoms with Gasteiger partial charge in [-0.1, -0.05) is 25.1 Å². The maximum Gasteiger partial charge on any atom is 0.416 e. The molecule has 0 aromatic heterocycles. The van der Waals surface area contributed by atoms with Crippen molar-refractivity contribution in [2.24, 2.45) is 5.73 Å². The van der Waals surface area contributed by atoms with Crippen molar-refractivity contribution in [3.05, 3.63) is 35.4 Å². The monoisotopic (exact) mass is 342 g/mol. The molecular formula is C18H25F3N2O. The number of piperidine rings is 1. The largest absolute Gasteiger partial charge is 0.416 e. The number of rotatable bonds is 4. The van der Waals surface area contributed by atoms with E-state index in [-0.39, 0.29) is 18.4 Å². The maximum atomic E-state index is 12.8. The Morgan fingerprint density at radius 3 is 2.67 bits per heavy atom. The van der Waals surface area contributed by atoms with Gasteiger partial charge in [0.25, 0.3) is 0 Å². The highest BCUT2D eigenvalue weighted by Crippen LogP contribution is 2.30. The summed E-state index contributed by atoms with van der Waals surface area (Å²) in [5.41, 5.74) is 5.53. The van der Waals surface area contributed by atoms with Gasteiger partial charge in [-0.3, -0.25) is 4.79 Å². The first-order valence-electron chi connectivity index (χ1n) is 8.39. The molecular weight excluding hydrogens is 317 g/mol. The first-order chi connectivity index (χ1) is 11.1. The Balaban J connectivity index is 2.16. The van der Waals surface area contributed by atoms with E-state index >= 15 is 0 Å². The number of hydrogen-bond acceptors (Lipinski definition) is 2. The molecule has 0 bridgehead atoms. The summed E-state index contributed by atoms with van der Waals surface area (Å²) in [5.74, 6) is -0.149. The highest BCUT2D eigenvalue weighted by atomic mass is 19.4. The van der Waals surface area contributed by atoms with Gasteiger partial charge in [0.05, 0.1) is 12.0 Å². The van der Waals surface area contributed by atoms with Crippen LogP contribution < -0.4 is 5.73 Å². The van der Waals surface area contributed by atoms with Gasteiger partial charge < -0.3 is 10.6 Å². The molecule has 1 heterocycles. The van der Waals surface area contributed by atoms with Crippen LogP contribution in [0.1, 0.15) is 50.7 Å². The normalized spacial score (nSPS) is 21.4. The number of hydrogen-bond donors (Lipinski definition) is 1. The minimum Gasteiger partial charge on any atom is -0.338 e. The lowest BCUT2D eigenvalue weighted by Crippen LogP contribution is -2.59. The van der Waals surface area contributed by atoms with E-state index in [9.17, 15) is 18.0 Å². The van der Waals surface area contributed by atoms with Crippen molar-refractivity contribution in [1.82, 2.24) is 4.90 Å². The topological polar surface area (TPSA) is 46.3 Å². The van der Waals surface area contributed by atoms with Gasteiger partial charge in [0.2, 0.25) is 5.91 Å². The molecule has 2 unspecified atom stereocenters. The van der Waals surface area contributed by atoms with E-state index in [2.05, 4.69) is 0 Å². The summed E-state index contributed by atoms with van der Waals surface area (Å²) in [6.45, 7) is 4.55. The predicted octanol–water partition coefficient (Wildman–Crippen LogP) is 3.76. The van der Waals surface area contributed by atoms with Gasteiger partial charge in [-0.15, -0.1) is 0 Å². The smallest absolute Gasteiger partial charge is 0.338 e. The van der Waals surface area contributed by atoms with Crippen LogP contribution in [0.15, 0.2) is 24.3 Å². The van der Waals surface area contributed by atoms with Gasteiger partial charge in [0, 0.05) is 18.1 Å². The zero-order chi connectivity index (χ0) is 18.0. The Hall–Kier alpha value is -1.56. The van der Waals surface area contributed by atoms with Crippen LogP contribution in [0.25, 0.3) is 0 Å². The number of nitrogens with two attached hydrogens (primary N) is 1. The molecule has 6 heteroatoms. The summed E-state index contributed by atoms with van der Waals surface area (Å²) in [6.07, 6.45) is -0.916. The second-order valence-electron chi connectivity index (χ2n) is 6.83. The minimum absolute atomic E-state index is 0.0276. The Bertz CT molecular complexity index is 584. The molecule has 1 aromatic carbocycles. The quantitative estimate of drug-likeness (QED) is 0.906. The van der Waals surface area contributed by atoms with E-state index in [1.54, 1.807) is 11.0 Å². The van der Waals surface area contributed by atoms with Crippen LogP contribution in [0.2, 0.25) is 0 Å². The van der Waals surface area contributed by atoms with Crippen LogP contribution in [0.3, 0.4) is 0 Å². The van der Waals surface area contributed by atoms with E-state index in [1.807, 2.05) is 13.8 Å². The summed E-state index contributed by atoms with van der Waals surface area (Å²) < 4.78 is 38.4. The van der Waals surface area contributed by atoms with Crippen LogP contribution in [0.5, 0.6) is 0 Å². The summed E-state index contributed by atoms with van der Waals surface area (Å²) in [5, 5.41) is 0. The van der Waals surface area contributed by atoms with Crippen molar-refractivity contribution in [1.29, 1.82) is 0 Å². The Morgan fingerprint density at radius 1 is 1.33 bits per heavy atom. The summed E-state index contributed by atoms with van der Waals surface area (Å²) >= 11 is 0. The van der Waals surface area contributed by atoms with Crippen molar-refractivity contribution in [3.8, 4) is 0 Å². The highest BCUT2D eigenvalue weighted by molar-refractivity contribution is 5.79. The molecule has 3 nitrogen and oxygen atoms in total. The number of likely N-dealkylation sites (tertiary alicyclic amines) is 1. The number of alkyl halides is 3. The van der Waals surface area contributed by atoms with E-state index in [0.717, 1.165) is 37.8 Å². The second kappa shape index (κ2) is 7.13. The lowest BCUT2D eigenvalue weighted by molar-refractivity contribution is -0.138. The van der Waals surface area contributed by atoms with Crippen molar-refractivity contribution in [3.63, 3.8) is 0 Å². The first-order valence-corrected chi connectivity index (χ1v) is 8.39. The molecule has 1 aromatic rings. The number of amides is 1. The van der Waals surface area contributed by atoms with Crippen molar-refractivity contribution in [2.45, 2.75) is 63.7 Å². The van der Waals surface area contributed by atoms with Crippen molar-refractivity contribution < 1.29 is 18.0 Å². The third-order valence-electron chi connectivity index (χ3n) is 4.96. The van der Waals surface area contributed by atoms with Gasteiger partial charge in [-0.25, -0.2) is 0 Å². The van der Waals surface area contributed by atoms with Crippen molar-refractivity contribution in [2.75, 3.05) is 6.54 Å². The van der Waals surface area contributed by atoms with E-state index in [4.69, 9.17) is 5.73 Å². The predicted molar refractivity (Wildman–Crippen MR) is 87.4 cm³/mol. The van der Waals surface area contributed by atoms with E-state index in [0.29, 0.717) is 12.1 Å². The maximum absolute atomic E-state index is 12.8. The molecule has 0 saturated carbocycles. The molecule has 24 heavy (non-hydrogen) atoms. The lowest BCUT2D eigenvalue weighted by atomic mass is 9.83. The van der Waals surface area contributed by atoms with Gasteiger partial charge >= 0.3 is 6.18 Å². The van der Waals surface area contributed by atoms with Crippen LogP contribution in [-0.2, 0) is 17.4 Å². The van der Waals surface area contributed by atoms with Gasteiger partial charge in [0.1, 0.15) is 0 Å². The number of benzene rings is 1. The van der Waals surface area contributed by atoms with Gasteiger partial charge in [0.15, 0.2) is 0 Å². The molecule has 0 aliphatic carbocycles. The molecule has 0 radical (unpaired) electrons. The Morgan fingerprint density at radius 2 is 2.04 bits per heavy atom. The SMILES string of the molecule is CCC(C)(N)C1CCCCN1C(=O)Cc1cccc(C(F)(F)F)c1. The van der Waals surface area contributed by atoms with E-state index in [1.165, 1.54) is 6.07 Å². The zero-order valence-corrected chi connectivity index (χ0v) is 14.2. The number of nitrogens with zero attached hydrogens (tertiary/aromatic N) is 1. The van der Waals surface area contributed by atoms with E-state index < -0.39 is 17.3 Å². The third kappa shape index (κ3) is 4.29. The lowest BCUT2D eigenvalue weighted by Gasteiger charge is -2.44. The molecule has 1 aliphatic heterocycles. The zero-order valence-electron chi connectivity index (χ0n) is 14.2. The highest BCUT2D eigenvalue weighted by Gasteiger charge is 2.37. The third-order valence-corrected chi connectivity index (χ3v) is 4.96. The number of carbonyl (C=O) groups is 1. The minimum atomic E-state index is -4.40. The standard InChI is InChI=1S/C18H25F3N2O/c1-3-17(2,22)15-9-4-5-10-23(15)16(24)12-13-7-6-8-14(11-13)18(19,20)21/h6-8,11,15H,3-5,9-10,12,22H2,1-2H3. The van der Waals surface area contributed by atoms with Crippen molar-refractivity contribution >= 4 is 5.91 Å². The molecule has 0 spiro atoms. The average Bonchev–Trinajstić information content (AvgIpc) is 2.54. The average molecular weight is 342 g/mol. The van der Waals surface area contributed by atoms with Crippen LogP contribution >= 0.6 is 0 Å². The van der Waals surface area contributed by atoms with Crippen LogP contribution in [0, 0.1) is 0 Å². The molecule has 1 fully saturated rings. The number of halogens is 3. The summed E-state index contributed by atoms with van der Waals surface area (Å²) in [7, 11) is 0. The molecule has 1 amide bonds. The molecule has 2 atom stereocenters. The molecule has 2 rings (SSSR count).